The summed E-state index contributed by atoms with van der Waals surface area (Å²) < 4.78 is 0. The summed E-state index contributed by atoms with van der Waals surface area (Å²) >= 11 is 1.54. The predicted molar refractivity (Wildman–Crippen MR) is 113 cm³/mol. The molecule has 3 heterocycles. The minimum Gasteiger partial charge on any atom is -0.340 e. The van der Waals surface area contributed by atoms with Gasteiger partial charge in [-0.2, -0.15) is 11.3 Å². The molecular formula is C22H25N3O3S. The normalized spacial score (nSPS) is 21.9. The molecule has 1 atom stereocenters. The fourth-order valence-corrected chi connectivity index (χ4v) is 5.00. The number of anilines is 1. The number of benzene rings is 1. The van der Waals surface area contributed by atoms with E-state index in [0.717, 1.165) is 11.3 Å². The van der Waals surface area contributed by atoms with E-state index < -0.39 is 5.54 Å². The van der Waals surface area contributed by atoms with E-state index >= 15 is 0 Å². The summed E-state index contributed by atoms with van der Waals surface area (Å²) in [5.74, 6) is -0.127. The Hall–Kier alpha value is -2.67. The van der Waals surface area contributed by atoms with Gasteiger partial charge in [-0.3, -0.25) is 14.4 Å². The Morgan fingerprint density at radius 1 is 1.14 bits per heavy atom. The molecule has 0 bridgehead atoms. The van der Waals surface area contributed by atoms with E-state index in [4.69, 9.17) is 0 Å². The Morgan fingerprint density at radius 3 is 2.55 bits per heavy atom. The summed E-state index contributed by atoms with van der Waals surface area (Å²) in [6.07, 6.45) is 1.03. The quantitative estimate of drug-likeness (QED) is 0.780. The molecule has 2 aliphatic heterocycles. The monoisotopic (exact) mass is 411 g/mol. The predicted octanol–water partition coefficient (Wildman–Crippen LogP) is 2.47. The second kappa shape index (κ2) is 7.63. The van der Waals surface area contributed by atoms with Crippen molar-refractivity contribution >= 4 is 34.7 Å². The van der Waals surface area contributed by atoms with Gasteiger partial charge in [0.15, 0.2) is 0 Å². The molecule has 2 aliphatic rings. The fraction of sp³-hybridized carbons (Fsp3) is 0.409. The number of carbonyl (C=O) groups excluding carboxylic acids is 3. The van der Waals surface area contributed by atoms with Crippen LogP contribution >= 0.6 is 11.3 Å². The lowest BCUT2D eigenvalue weighted by atomic mass is 9.92. The number of thiophene rings is 1. The molecule has 0 aliphatic carbocycles. The number of likely N-dealkylation sites (tertiary alicyclic amines) is 1. The molecule has 4 rings (SSSR count). The minimum atomic E-state index is -0.523. The third kappa shape index (κ3) is 3.79. The highest BCUT2D eigenvalue weighted by Crippen LogP contribution is 2.35. The van der Waals surface area contributed by atoms with Gasteiger partial charge in [-0.05, 0) is 30.4 Å². The van der Waals surface area contributed by atoms with Crippen molar-refractivity contribution in [3.05, 3.63) is 52.2 Å². The Labute approximate surface area is 174 Å². The molecule has 7 heteroatoms. The molecule has 0 N–H and O–H groups in total. The fourth-order valence-electron chi connectivity index (χ4n) is 4.36. The van der Waals surface area contributed by atoms with Gasteiger partial charge >= 0.3 is 0 Å². The van der Waals surface area contributed by atoms with E-state index in [-0.39, 0.29) is 24.3 Å². The van der Waals surface area contributed by atoms with E-state index in [9.17, 15) is 14.4 Å². The standard InChI is InChI=1S/C22H25N3O3S/c1-16-3-5-18(6-4-16)11-20(27)23-9-8-22(14-23)15-24(19-7-10-29-13-19)21(28)12-25(22)17(2)26/h3-7,10,13H,8-9,11-12,14-15H2,1-2H3. The Morgan fingerprint density at radius 2 is 1.90 bits per heavy atom. The molecule has 29 heavy (non-hydrogen) atoms. The zero-order valence-electron chi connectivity index (χ0n) is 16.8. The second-order valence-corrected chi connectivity index (χ2v) is 8.80. The van der Waals surface area contributed by atoms with Gasteiger partial charge in [0.1, 0.15) is 6.54 Å². The molecule has 1 aromatic carbocycles. The maximum atomic E-state index is 12.9. The third-order valence-corrected chi connectivity index (χ3v) is 6.65. The van der Waals surface area contributed by atoms with Crippen LogP contribution in [-0.2, 0) is 20.8 Å². The minimum absolute atomic E-state index is 0.0607. The maximum Gasteiger partial charge on any atom is 0.246 e. The van der Waals surface area contributed by atoms with Crippen molar-refractivity contribution in [2.24, 2.45) is 0 Å². The first-order valence-corrected chi connectivity index (χ1v) is 10.8. The van der Waals surface area contributed by atoms with E-state index in [1.165, 1.54) is 12.5 Å². The topological polar surface area (TPSA) is 60.9 Å². The summed E-state index contributed by atoms with van der Waals surface area (Å²) in [6, 6.07) is 9.92. The van der Waals surface area contributed by atoms with Gasteiger partial charge in [0.2, 0.25) is 17.7 Å². The number of amides is 3. The highest BCUT2D eigenvalue weighted by molar-refractivity contribution is 7.08. The van der Waals surface area contributed by atoms with Crippen LogP contribution in [0.2, 0.25) is 0 Å². The molecule has 6 nitrogen and oxygen atoms in total. The summed E-state index contributed by atoms with van der Waals surface area (Å²) in [6.45, 7) is 5.08. The Bertz CT molecular complexity index is 925. The summed E-state index contributed by atoms with van der Waals surface area (Å²) in [5, 5.41) is 3.89. The lowest BCUT2D eigenvalue weighted by Gasteiger charge is -2.47. The smallest absolute Gasteiger partial charge is 0.246 e. The van der Waals surface area contributed by atoms with Crippen molar-refractivity contribution in [2.75, 3.05) is 31.1 Å². The van der Waals surface area contributed by atoms with Crippen molar-refractivity contribution in [1.82, 2.24) is 9.80 Å². The molecule has 0 radical (unpaired) electrons. The Balaban J connectivity index is 1.53. The van der Waals surface area contributed by atoms with Gasteiger partial charge in [0.05, 0.1) is 24.2 Å². The number of nitrogens with zero attached hydrogens (tertiary/aromatic N) is 3. The largest absolute Gasteiger partial charge is 0.340 e. The van der Waals surface area contributed by atoms with Crippen LogP contribution < -0.4 is 4.90 Å². The molecule has 2 fully saturated rings. The molecule has 2 saturated heterocycles. The molecule has 0 saturated carbocycles. The Kier molecular flexibility index (Phi) is 5.17. The highest BCUT2D eigenvalue weighted by Gasteiger charge is 2.51. The number of aryl methyl sites for hydroxylation is 1. The van der Waals surface area contributed by atoms with E-state index in [1.807, 2.05) is 52.9 Å². The zero-order chi connectivity index (χ0) is 20.6. The zero-order valence-corrected chi connectivity index (χ0v) is 17.6. The average molecular weight is 412 g/mol. The summed E-state index contributed by atoms with van der Waals surface area (Å²) in [7, 11) is 0. The van der Waals surface area contributed by atoms with Crippen molar-refractivity contribution in [3.63, 3.8) is 0 Å². The lowest BCUT2D eigenvalue weighted by molar-refractivity contribution is -0.143. The van der Waals surface area contributed by atoms with Crippen LogP contribution in [-0.4, -0.2) is 59.2 Å². The first kappa shape index (κ1) is 19.6. The van der Waals surface area contributed by atoms with Crippen molar-refractivity contribution in [3.8, 4) is 0 Å². The second-order valence-electron chi connectivity index (χ2n) is 8.02. The highest BCUT2D eigenvalue weighted by atomic mass is 32.1. The van der Waals surface area contributed by atoms with Crippen LogP contribution in [0.25, 0.3) is 0 Å². The van der Waals surface area contributed by atoms with Gasteiger partial charge in [-0.15, -0.1) is 0 Å². The van der Waals surface area contributed by atoms with Gasteiger partial charge in [0, 0.05) is 25.4 Å². The van der Waals surface area contributed by atoms with E-state index in [0.29, 0.717) is 32.5 Å². The van der Waals surface area contributed by atoms with Gasteiger partial charge in [-0.25, -0.2) is 0 Å². The van der Waals surface area contributed by atoms with Crippen LogP contribution in [0.3, 0.4) is 0 Å². The summed E-state index contributed by atoms with van der Waals surface area (Å²) in [5.41, 5.74) is 2.50. The first-order chi connectivity index (χ1) is 13.9. The molecule has 1 aromatic heterocycles. The molecule has 1 spiro atoms. The molecule has 2 aromatic rings. The third-order valence-electron chi connectivity index (χ3n) is 5.98. The maximum absolute atomic E-state index is 12.9. The molecular weight excluding hydrogens is 386 g/mol. The van der Waals surface area contributed by atoms with Crippen molar-refractivity contribution in [1.29, 1.82) is 0 Å². The van der Waals surface area contributed by atoms with Gasteiger partial charge in [0.25, 0.3) is 0 Å². The molecule has 3 amide bonds. The first-order valence-electron chi connectivity index (χ1n) is 9.82. The number of piperazine rings is 1. The summed E-state index contributed by atoms with van der Waals surface area (Å²) in [4.78, 5) is 43.3. The SMILES string of the molecule is CC(=O)N1CC(=O)N(c2ccsc2)CC12CCN(C(=O)Cc1ccc(C)cc1)C2. The number of hydrogen-bond donors (Lipinski definition) is 0. The van der Waals surface area contributed by atoms with Crippen molar-refractivity contribution < 1.29 is 14.4 Å². The number of carbonyl (C=O) groups is 3. The van der Waals surface area contributed by atoms with Crippen LogP contribution in [0, 0.1) is 6.92 Å². The van der Waals surface area contributed by atoms with Crippen LogP contribution in [0.1, 0.15) is 24.5 Å². The van der Waals surface area contributed by atoms with Crippen molar-refractivity contribution in [2.45, 2.75) is 32.2 Å². The van der Waals surface area contributed by atoms with Gasteiger partial charge < -0.3 is 14.7 Å². The van der Waals surface area contributed by atoms with E-state index in [1.54, 1.807) is 21.1 Å². The molecule has 152 valence electrons. The van der Waals surface area contributed by atoms with Crippen LogP contribution in [0.4, 0.5) is 5.69 Å². The number of hydrogen-bond acceptors (Lipinski definition) is 4. The molecule has 1 unspecified atom stereocenters. The van der Waals surface area contributed by atoms with E-state index in [2.05, 4.69) is 0 Å². The average Bonchev–Trinajstić information content (AvgIpc) is 3.36. The van der Waals surface area contributed by atoms with Crippen LogP contribution in [0.15, 0.2) is 41.1 Å². The lowest BCUT2D eigenvalue weighted by Crippen LogP contribution is -2.67. The van der Waals surface area contributed by atoms with Crippen LogP contribution in [0.5, 0.6) is 0 Å². The number of rotatable bonds is 3. The van der Waals surface area contributed by atoms with Gasteiger partial charge in [-0.1, -0.05) is 29.8 Å².